The Morgan fingerprint density at radius 3 is 1.57 bits per heavy atom. The minimum Gasteiger partial charge on any atom is -0.322 e. The van der Waals surface area contributed by atoms with Crippen molar-refractivity contribution in [2.45, 2.75) is 0 Å². The largest absolute Gasteiger partial charge is 0.322 e. The molecule has 10 heteroatoms. The summed E-state index contributed by atoms with van der Waals surface area (Å²) in [4.78, 5) is 24.4. The first kappa shape index (κ1) is 25.8. The molecule has 220 valence electrons. The van der Waals surface area contributed by atoms with Gasteiger partial charge in [0, 0.05) is 41.3 Å². The lowest BCUT2D eigenvalue weighted by Crippen LogP contribution is -2.30. The maximum absolute atomic E-state index is 5.15. The Morgan fingerprint density at radius 1 is 0.457 bits per heavy atom. The molecule has 3 aliphatic rings. The minimum atomic E-state index is 0.516. The monoisotopic (exact) mass is 598 g/mol. The van der Waals surface area contributed by atoms with E-state index in [0.717, 1.165) is 39.8 Å². The zero-order chi connectivity index (χ0) is 30.5. The van der Waals surface area contributed by atoms with Crippen LogP contribution in [0.1, 0.15) is 11.5 Å². The van der Waals surface area contributed by atoms with E-state index in [9.17, 15) is 0 Å². The number of imidazole rings is 2. The number of benzene rings is 4. The molecule has 0 atom stereocenters. The number of nitrogens with zero attached hydrogens (tertiary/aromatic N) is 8. The van der Waals surface area contributed by atoms with Crippen LogP contribution in [0, 0.1) is 0 Å². The average Bonchev–Trinajstić information content (AvgIpc) is 3.91. The highest BCUT2D eigenvalue weighted by atomic mass is 15.4. The second kappa shape index (κ2) is 10.5. The Hall–Kier alpha value is -6.68. The lowest BCUT2D eigenvalue weighted by molar-refractivity contribution is 1.00. The van der Waals surface area contributed by atoms with Gasteiger partial charge >= 0.3 is 0 Å². The highest BCUT2D eigenvalue weighted by molar-refractivity contribution is 6.10. The molecule has 0 aliphatic carbocycles. The van der Waals surface area contributed by atoms with Gasteiger partial charge in [-0.25, -0.2) is 9.97 Å². The Labute approximate surface area is 264 Å². The normalized spacial score (nSPS) is 14.9. The molecular weight excluding hydrogens is 572 g/mol. The van der Waals surface area contributed by atoms with E-state index in [-0.39, 0.29) is 0 Å². The number of fused-ring (bicyclic) bond motifs is 10. The van der Waals surface area contributed by atoms with Crippen LogP contribution in [0.3, 0.4) is 0 Å². The summed E-state index contributed by atoms with van der Waals surface area (Å²) < 4.78 is 4.04. The van der Waals surface area contributed by atoms with Crippen molar-refractivity contribution in [1.82, 2.24) is 29.7 Å². The summed E-state index contributed by atoms with van der Waals surface area (Å²) in [6, 6.07) is 40.5. The average molecular weight is 599 g/mol. The number of aliphatic imine (C=N–C) groups is 2. The molecule has 0 saturated heterocycles. The van der Waals surface area contributed by atoms with Crippen LogP contribution in [-0.2, 0) is 0 Å². The molecule has 0 fully saturated rings. The maximum atomic E-state index is 5.15. The van der Waals surface area contributed by atoms with Crippen LogP contribution in [0.25, 0.3) is 22.8 Å². The maximum Gasteiger partial charge on any atom is 0.238 e. The van der Waals surface area contributed by atoms with Crippen LogP contribution in [0.4, 0.5) is 23.1 Å². The van der Waals surface area contributed by atoms with Gasteiger partial charge in [0.15, 0.2) is 11.6 Å². The van der Waals surface area contributed by atoms with Gasteiger partial charge in [-0.15, -0.1) is 0 Å². The molecule has 0 saturated carbocycles. The molecule has 10 nitrogen and oxygen atoms in total. The lowest BCUT2D eigenvalue weighted by Gasteiger charge is -2.16. The second-order valence-corrected chi connectivity index (χ2v) is 10.9. The topological polar surface area (TPSA) is 90.9 Å². The standard InChI is InChI=1S/C36H26N10/c1-5-13-25(14-6-1)43-24-32-40-33(43)31-23-46(28-19-11-4-12-20-28)36(39-31)42-35-38-30(22-45(35)27-17-9-3-10-18-27)29-21-44(34(37-29)41-32)26-15-7-2-8-16-26/h1-24H,(H,37,41)(H,38,39,42). The van der Waals surface area contributed by atoms with Gasteiger partial charge in [-0.1, -0.05) is 72.8 Å². The van der Waals surface area contributed by atoms with E-state index in [0.29, 0.717) is 29.5 Å². The number of nitrogens with one attached hydrogen (secondary N) is 2. The van der Waals surface area contributed by atoms with Crippen molar-refractivity contribution in [2.75, 3.05) is 9.80 Å². The SMILES string of the molecule is C1=C2NC(=Nc3cn(-c4ccccc4)c(n3)C3=CN(c4ccccc4)C(=Nc4nc2cn4-c2ccccc2)N3)N1c1ccccc1. The molecule has 2 N–H and O–H groups in total. The van der Waals surface area contributed by atoms with Crippen molar-refractivity contribution in [3.05, 3.63) is 158 Å². The molecule has 3 aliphatic heterocycles. The number of guanidine groups is 2. The van der Waals surface area contributed by atoms with Crippen molar-refractivity contribution < 1.29 is 0 Å². The summed E-state index contributed by atoms with van der Waals surface area (Å²) >= 11 is 0. The van der Waals surface area contributed by atoms with E-state index in [2.05, 4.69) is 22.8 Å². The first-order chi connectivity index (χ1) is 22.8. The second-order valence-electron chi connectivity index (χ2n) is 10.9. The van der Waals surface area contributed by atoms with E-state index >= 15 is 0 Å². The predicted molar refractivity (Wildman–Crippen MR) is 181 cm³/mol. The van der Waals surface area contributed by atoms with Crippen molar-refractivity contribution in [1.29, 1.82) is 0 Å². The summed E-state index contributed by atoms with van der Waals surface area (Å²) in [5.41, 5.74) is 6.09. The van der Waals surface area contributed by atoms with E-state index in [1.807, 2.05) is 153 Å². The molecule has 46 heavy (non-hydrogen) atoms. The van der Waals surface area contributed by atoms with E-state index < -0.39 is 0 Å². The summed E-state index contributed by atoms with van der Waals surface area (Å²) in [5.74, 6) is 2.96. The molecule has 9 rings (SSSR count). The third-order valence-electron chi connectivity index (χ3n) is 7.93. The summed E-state index contributed by atoms with van der Waals surface area (Å²) in [7, 11) is 0. The highest BCUT2D eigenvalue weighted by Crippen LogP contribution is 2.32. The van der Waals surface area contributed by atoms with Crippen LogP contribution in [0.5, 0.6) is 0 Å². The van der Waals surface area contributed by atoms with Gasteiger partial charge < -0.3 is 10.6 Å². The van der Waals surface area contributed by atoms with Gasteiger partial charge in [-0.3, -0.25) is 18.9 Å². The number of aromatic nitrogens is 4. The zero-order valence-corrected chi connectivity index (χ0v) is 24.4. The molecule has 5 heterocycles. The number of hydrogen-bond acceptors (Lipinski definition) is 8. The third-order valence-corrected chi connectivity index (χ3v) is 7.93. The van der Waals surface area contributed by atoms with Crippen molar-refractivity contribution in [3.8, 4) is 11.4 Å². The molecule has 0 radical (unpaired) electrons. The summed E-state index contributed by atoms with van der Waals surface area (Å²) in [6.07, 6.45) is 7.98. The molecule has 4 aromatic carbocycles. The third kappa shape index (κ3) is 4.44. The van der Waals surface area contributed by atoms with Crippen molar-refractivity contribution in [3.63, 3.8) is 0 Å². The van der Waals surface area contributed by atoms with E-state index in [1.54, 1.807) is 0 Å². The highest BCUT2D eigenvalue weighted by Gasteiger charge is 2.30. The van der Waals surface area contributed by atoms with Gasteiger partial charge in [0.25, 0.3) is 0 Å². The molecule has 6 aromatic rings. The van der Waals surface area contributed by atoms with Crippen LogP contribution in [0.15, 0.2) is 156 Å². The number of anilines is 2. The number of hydrogen-bond donors (Lipinski definition) is 2. The van der Waals surface area contributed by atoms with Crippen LogP contribution < -0.4 is 20.4 Å². The van der Waals surface area contributed by atoms with Gasteiger partial charge in [-0.2, -0.15) is 9.98 Å². The summed E-state index contributed by atoms with van der Waals surface area (Å²) in [6.45, 7) is 0. The number of para-hydroxylation sites is 4. The lowest BCUT2D eigenvalue weighted by atomic mass is 10.3. The fourth-order valence-electron chi connectivity index (χ4n) is 5.74. The first-order valence-corrected chi connectivity index (χ1v) is 14.9. The van der Waals surface area contributed by atoms with Gasteiger partial charge in [0.2, 0.25) is 17.9 Å². The fourth-order valence-corrected chi connectivity index (χ4v) is 5.74. The Kier molecular flexibility index (Phi) is 5.88. The molecular formula is C36H26N10. The van der Waals surface area contributed by atoms with Gasteiger partial charge in [0.05, 0.1) is 11.9 Å². The number of rotatable bonds is 4. The molecule has 8 bridgehead atoms. The van der Waals surface area contributed by atoms with Crippen LogP contribution in [0.2, 0.25) is 0 Å². The molecule has 0 spiro atoms. The molecule has 0 amide bonds. The van der Waals surface area contributed by atoms with Crippen molar-refractivity contribution in [2.24, 2.45) is 9.98 Å². The quantitative estimate of drug-likeness (QED) is 0.239. The van der Waals surface area contributed by atoms with Crippen LogP contribution >= 0.6 is 0 Å². The predicted octanol–water partition coefficient (Wildman–Crippen LogP) is 6.56. The fraction of sp³-hybridized carbons (Fsp3) is 0. The molecule has 0 unspecified atom stereocenters. The smallest absolute Gasteiger partial charge is 0.238 e. The van der Waals surface area contributed by atoms with Crippen molar-refractivity contribution >= 4 is 46.5 Å². The van der Waals surface area contributed by atoms with E-state index in [4.69, 9.17) is 20.0 Å². The Balaban J connectivity index is 1.30. The Bertz CT molecular complexity index is 2190. The molecule has 2 aromatic heterocycles. The Morgan fingerprint density at radius 2 is 0.957 bits per heavy atom. The minimum absolute atomic E-state index is 0.516. The zero-order valence-electron chi connectivity index (χ0n) is 24.4. The van der Waals surface area contributed by atoms with Gasteiger partial charge in [0.1, 0.15) is 11.4 Å². The van der Waals surface area contributed by atoms with Gasteiger partial charge in [-0.05, 0) is 48.5 Å². The van der Waals surface area contributed by atoms with E-state index in [1.165, 1.54) is 0 Å². The first-order valence-electron chi connectivity index (χ1n) is 14.9. The van der Waals surface area contributed by atoms with Crippen LogP contribution in [-0.4, -0.2) is 31.0 Å². The summed E-state index contributed by atoms with van der Waals surface area (Å²) in [5, 5.41) is 7.08.